The van der Waals surface area contributed by atoms with Crippen LogP contribution in [0.4, 0.5) is 0 Å². The second kappa shape index (κ2) is 3.50. The number of hydrogen-bond acceptors (Lipinski definition) is 3. The molecule has 0 fully saturated rings. The van der Waals surface area contributed by atoms with Crippen LogP contribution in [0.3, 0.4) is 0 Å². The zero-order valence-corrected chi connectivity index (χ0v) is 11.0. The number of thiophene rings is 1. The molecule has 0 saturated carbocycles. The van der Waals surface area contributed by atoms with Crippen LogP contribution in [-0.2, 0) is 5.41 Å². The predicted molar refractivity (Wildman–Crippen MR) is 73.6 cm³/mol. The van der Waals surface area contributed by atoms with Gasteiger partial charge in [0.25, 0.3) is 0 Å². The van der Waals surface area contributed by atoms with Crippen molar-refractivity contribution in [1.82, 2.24) is 9.97 Å². The van der Waals surface area contributed by atoms with Gasteiger partial charge in [0.05, 0.1) is 11.9 Å². The van der Waals surface area contributed by atoms with E-state index < -0.39 is 0 Å². The van der Waals surface area contributed by atoms with Crippen molar-refractivity contribution in [3.8, 4) is 0 Å². The minimum atomic E-state index is 0.0459. The van der Waals surface area contributed by atoms with Crippen LogP contribution in [0.1, 0.15) is 26.5 Å². The van der Waals surface area contributed by atoms with Crippen molar-refractivity contribution in [3.05, 3.63) is 36.2 Å². The molecule has 2 heterocycles. The highest BCUT2D eigenvalue weighted by molar-refractivity contribution is 7.25. The Morgan fingerprint density at radius 3 is 2.65 bits per heavy atom. The summed E-state index contributed by atoms with van der Waals surface area (Å²) in [5.74, 6) is 0. The Balaban J connectivity index is 2.38. The molecule has 17 heavy (non-hydrogen) atoms. The summed E-state index contributed by atoms with van der Waals surface area (Å²) >= 11 is 1.71. The molecule has 0 aliphatic heterocycles. The average molecular weight is 242 g/mol. The predicted octanol–water partition coefficient (Wildman–Crippen LogP) is 4.14. The molecule has 0 atom stereocenters. The Morgan fingerprint density at radius 1 is 1.12 bits per heavy atom. The van der Waals surface area contributed by atoms with Gasteiger partial charge in [0.15, 0.2) is 0 Å². The Labute approximate surface area is 104 Å². The summed E-state index contributed by atoms with van der Waals surface area (Å²) in [7, 11) is 0. The van der Waals surface area contributed by atoms with E-state index >= 15 is 0 Å². The van der Waals surface area contributed by atoms with E-state index in [1.807, 2.05) is 6.20 Å². The van der Waals surface area contributed by atoms with Crippen LogP contribution in [-0.4, -0.2) is 9.97 Å². The molecule has 3 rings (SSSR count). The molecule has 0 aliphatic carbocycles. The van der Waals surface area contributed by atoms with E-state index in [9.17, 15) is 0 Å². The van der Waals surface area contributed by atoms with Crippen LogP contribution in [0.15, 0.2) is 30.5 Å². The normalized spacial score (nSPS) is 12.4. The smallest absolute Gasteiger partial charge is 0.143 e. The van der Waals surface area contributed by atoms with Gasteiger partial charge in [-0.05, 0) is 6.07 Å². The zero-order valence-electron chi connectivity index (χ0n) is 10.2. The summed E-state index contributed by atoms with van der Waals surface area (Å²) in [6.07, 6.45) is 1.90. The summed E-state index contributed by atoms with van der Waals surface area (Å²) < 4.78 is 1.26. The fourth-order valence-corrected chi connectivity index (χ4v) is 2.83. The number of hydrogen-bond donors (Lipinski definition) is 0. The third kappa shape index (κ3) is 1.71. The van der Waals surface area contributed by atoms with E-state index in [0.717, 1.165) is 16.0 Å². The monoisotopic (exact) mass is 242 g/mol. The van der Waals surface area contributed by atoms with Gasteiger partial charge in [-0.3, -0.25) is 0 Å². The molecule has 0 aliphatic rings. The van der Waals surface area contributed by atoms with Gasteiger partial charge in [0.1, 0.15) is 10.3 Å². The quantitative estimate of drug-likeness (QED) is 0.592. The van der Waals surface area contributed by atoms with E-state index in [-0.39, 0.29) is 5.41 Å². The lowest BCUT2D eigenvalue weighted by Crippen LogP contribution is -2.13. The van der Waals surface area contributed by atoms with E-state index in [2.05, 4.69) is 50.0 Å². The molecule has 0 unspecified atom stereocenters. The maximum absolute atomic E-state index is 4.78. The van der Waals surface area contributed by atoms with Crippen LogP contribution in [0.25, 0.3) is 20.4 Å². The van der Waals surface area contributed by atoms with E-state index in [4.69, 9.17) is 4.98 Å². The van der Waals surface area contributed by atoms with Gasteiger partial charge < -0.3 is 0 Å². The maximum atomic E-state index is 4.78. The summed E-state index contributed by atoms with van der Waals surface area (Å²) in [6.45, 7) is 6.49. The molecule has 0 radical (unpaired) electrons. The highest BCUT2D eigenvalue weighted by Crippen LogP contribution is 2.32. The van der Waals surface area contributed by atoms with Crippen molar-refractivity contribution < 1.29 is 0 Å². The molecule has 1 aromatic carbocycles. The molecule has 0 amide bonds. The van der Waals surface area contributed by atoms with Crippen LogP contribution in [0.5, 0.6) is 0 Å². The van der Waals surface area contributed by atoms with Gasteiger partial charge in [-0.15, -0.1) is 11.3 Å². The lowest BCUT2D eigenvalue weighted by Gasteiger charge is -2.16. The molecule has 0 spiro atoms. The first kappa shape index (κ1) is 10.7. The van der Waals surface area contributed by atoms with Crippen molar-refractivity contribution in [2.45, 2.75) is 26.2 Å². The Kier molecular flexibility index (Phi) is 2.20. The topological polar surface area (TPSA) is 25.8 Å². The highest BCUT2D eigenvalue weighted by Gasteiger charge is 2.17. The van der Waals surface area contributed by atoms with E-state index in [0.29, 0.717) is 0 Å². The van der Waals surface area contributed by atoms with Crippen molar-refractivity contribution in [3.63, 3.8) is 0 Å². The average Bonchev–Trinajstić information content (AvgIpc) is 2.65. The standard InChI is InChI=1S/C14H14N2S/c1-14(2,3)11-8-15-13-12(16-11)9-6-4-5-7-10(9)17-13/h4-8H,1-3H3. The number of benzene rings is 1. The summed E-state index contributed by atoms with van der Waals surface area (Å²) in [4.78, 5) is 10.4. The van der Waals surface area contributed by atoms with Gasteiger partial charge in [-0.25, -0.2) is 9.97 Å². The minimum absolute atomic E-state index is 0.0459. The number of fused-ring (bicyclic) bond motifs is 3. The highest BCUT2D eigenvalue weighted by atomic mass is 32.1. The molecule has 0 saturated heterocycles. The number of aromatic nitrogens is 2. The maximum Gasteiger partial charge on any atom is 0.143 e. The van der Waals surface area contributed by atoms with Crippen molar-refractivity contribution in [2.24, 2.45) is 0 Å². The Morgan fingerprint density at radius 2 is 1.88 bits per heavy atom. The summed E-state index contributed by atoms with van der Waals surface area (Å²) in [5, 5.41) is 1.21. The Hall–Kier alpha value is -1.48. The second-order valence-corrected chi connectivity index (χ2v) is 6.29. The molecule has 0 N–H and O–H groups in total. The summed E-state index contributed by atoms with van der Waals surface area (Å²) in [5.41, 5.74) is 2.14. The molecular weight excluding hydrogens is 228 g/mol. The first-order valence-electron chi connectivity index (χ1n) is 5.70. The van der Waals surface area contributed by atoms with Gasteiger partial charge in [0, 0.05) is 15.5 Å². The van der Waals surface area contributed by atoms with Crippen LogP contribution in [0, 0.1) is 0 Å². The van der Waals surface area contributed by atoms with Gasteiger partial charge in [-0.1, -0.05) is 39.0 Å². The minimum Gasteiger partial charge on any atom is -0.247 e. The third-order valence-electron chi connectivity index (χ3n) is 2.86. The van der Waals surface area contributed by atoms with E-state index in [1.165, 1.54) is 10.1 Å². The molecule has 86 valence electrons. The molecule has 3 heteroatoms. The molecular formula is C14H14N2S. The lowest BCUT2D eigenvalue weighted by molar-refractivity contribution is 0.569. The van der Waals surface area contributed by atoms with Gasteiger partial charge in [-0.2, -0.15) is 0 Å². The molecule has 2 aromatic heterocycles. The lowest BCUT2D eigenvalue weighted by atomic mass is 9.93. The Bertz CT molecular complexity index is 692. The molecule has 0 bridgehead atoms. The first-order chi connectivity index (χ1) is 8.05. The van der Waals surface area contributed by atoms with Crippen LogP contribution in [0.2, 0.25) is 0 Å². The first-order valence-corrected chi connectivity index (χ1v) is 6.52. The van der Waals surface area contributed by atoms with Crippen molar-refractivity contribution in [2.75, 3.05) is 0 Å². The fourth-order valence-electron chi connectivity index (χ4n) is 1.84. The van der Waals surface area contributed by atoms with Crippen molar-refractivity contribution in [1.29, 1.82) is 0 Å². The fraction of sp³-hybridized carbons (Fsp3) is 0.286. The van der Waals surface area contributed by atoms with Crippen LogP contribution >= 0.6 is 11.3 Å². The van der Waals surface area contributed by atoms with E-state index in [1.54, 1.807) is 11.3 Å². The molecule has 2 nitrogen and oxygen atoms in total. The number of nitrogens with zero attached hydrogens (tertiary/aromatic N) is 2. The zero-order chi connectivity index (χ0) is 12.0. The summed E-state index contributed by atoms with van der Waals surface area (Å²) in [6, 6.07) is 8.36. The van der Waals surface area contributed by atoms with Gasteiger partial charge in [0.2, 0.25) is 0 Å². The largest absolute Gasteiger partial charge is 0.247 e. The SMILES string of the molecule is CC(C)(C)c1cnc2sc3ccccc3c2n1. The van der Waals surface area contributed by atoms with Gasteiger partial charge >= 0.3 is 0 Å². The molecule has 3 aromatic rings. The van der Waals surface area contributed by atoms with Crippen molar-refractivity contribution >= 4 is 31.8 Å². The number of rotatable bonds is 0. The van der Waals surface area contributed by atoms with Crippen LogP contribution < -0.4 is 0 Å². The second-order valence-electron chi connectivity index (χ2n) is 5.26. The third-order valence-corrected chi connectivity index (χ3v) is 3.92.